The van der Waals surface area contributed by atoms with Crippen molar-refractivity contribution in [3.05, 3.63) is 53.9 Å². The highest BCUT2D eigenvalue weighted by molar-refractivity contribution is 5.66. The zero-order chi connectivity index (χ0) is 17.8. The van der Waals surface area contributed by atoms with E-state index in [-0.39, 0.29) is 0 Å². The first kappa shape index (κ1) is 17.5. The molecule has 0 amide bonds. The molecule has 3 heterocycles. The third-order valence-corrected chi connectivity index (χ3v) is 5.79. The van der Waals surface area contributed by atoms with E-state index in [1.165, 1.54) is 67.8 Å². The first-order valence-corrected chi connectivity index (χ1v) is 10.0. The van der Waals surface area contributed by atoms with Crippen molar-refractivity contribution in [1.29, 1.82) is 0 Å². The molecule has 0 unspecified atom stereocenters. The molecule has 0 N–H and O–H groups in total. The molecule has 1 aromatic carbocycles. The van der Waals surface area contributed by atoms with Crippen molar-refractivity contribution in [1.82, 2.24) is 19.6 Å². The fraction of sp³-hybridized carbons (Fsp3) is 0.500. The van der Waals surface area contributed by atoms with Crippen molar-refractivity contribution in [3.8, 4) is 5.69 Å². The molecule has 0 radical (unpaired) electrons. The van der Waals surface area contributed by atoms with Crippen LogP contribution >= 0.6 is 0 Å². The normalized spacial score (nSPS) is 19.5. The van der Waals surface area contributed by atoms with Crippen molar-refractivity contribution < 1.29 is 0 Å². The second kappa shape index (κ2) is 8.19. The van der Waals surface area contributed by atoms with E-state index >= 15 is 0 Å². The zero-order valence-electron chi connectivity index (χ0n) is 15.9. The predicted molar refractivity (Wildman–Crippen MR) is 108 cm³/mol. The molecule has 0 bridgehead atoms. The number of aromatic nitrogens is 2. The number of piperidine rings is 1. The van der Waals surface area contributed by atoms with Crippen molar-refractivity contribution in [2.45, 2.75) is 32.6 Å². The molecular formula is C22H30N4. The second-order valence-electron chi connectivity index (χ2n) is 7.64. The number of hydrogen-bond donors (Lipinski definition) is 0. The van der Waals surface area contributed by atoms with E-state index in [1.54, 1.807) is 0 Å². The van der Waals surface area contributed by atoms with Crippen LogP contribution in [-0.2, 0) is 0 Å². The van der Waals surface area contributed by atoms with Gasteiger partial charge in [0.15, 0.2) is 0 Å². The molecule has 4 rings (SSSR count). The summed E-state index contributed by atoms with van der Waals surface area (Å²) in [5.41, 5.74) is 5.13. The Morgan fingerprint density at radius 1 is 0.962 bits per heavy atom. The molecular weight excluding hydrogens is 320 g/mol. The molecule has 4 nitrogen and oxygen atoms in total. The third kappa shape index (κ3) is 4.08. The van der Waals surface area contributed by atoms with E-state index in [2.05, 4.69) is 58.4 Å². The maximum atomic E-state index is 4.59. The van der Waals surface area contributed by atoms with E-state index in [9.17, 15) is 0 Å². The van der Waals surface area contributed by atoms with Crippen LogP contribution in [0.2, 0.25) is 0 Å². The Hall–Kier alpha value is -1.91. The van der Waals surface area contributed by atoms with Crippen molar-refractivity contribution in [3.63, 3.8) is 0 Å². The average Bonchev–Trinajstić information content (AvgIpc) is 3.18. The Morgan fingerprint density at radius 3 is 2.54 bits per heavy atom. The van der Waals surface area contributed by atoms with E-state index < -0.39 is 0 Å². The van der Waals surface area contributed by atoms with Gasteiger partial charge in [0.1, 0.15) is 0 Å². The van der Waals surface area contributed by atoms with Gasteiger partial charge in [0.05, 0.1) is 11.9 Å². The molecule has 0 spiro atoms. The summed E-state index contributed by atoms with van der Waals surface area (Å²) in [6.45, 7) is 9.39. The average molecular weight is 351 g/mol. The summed E-state index contributed by atoms with van der Waals surface area (Å²) < 4.78 is 2.01. The summed E-state index contributed by atoms with van der Waals surface area (Å²) in [5.74, 6) is 0. The lowest BCUT2D eigenvalue weighted by atomic mass is 10.0. The number of benzene rings is 1. The number of para-hydroxylation sites is 1. The minimum absolute atomic E-state index is 1.07. The van der Waals surface area contributed by atoms with Crippen molar-refractivity contribution in [2.75, 3.05) is 39.3 Å². The molecule has 4 heteroatoms. The zero-order valence-corrected chi connectivity index (χ0v) is 15.9. The number of aryl methyl sites for hydroxylation is 1. The summed E-state index contributed by atoms with van der Waals surface area (Å²) >= 11 is 0. The van der Waals surface area contributed by atoms with Crippen LogP contribution in [0.4, 0.5) is 0 Å². The SMILES string of the molecule is Cc1ccccc1-n1cc(C2=CCN(CCN3CCCCC3)CC2)cn1. The monoisotopic (exact) mass is 350 g/mol. The van der Waals surface area contributed by atoms with Gasteiger partial charge in [-0.05, 0) is 56.5 Å². The molecule has 1 fully saturated rings. The number of nitrogens with zero attached hydrogens (tertiary/aromatic N) is 4. The standard InChI is InChI=1S/C22H30N4/c1-19-7-3-4-8-22(19)26-18-21(17-23-26)20-9-13-25(14-10-20)16-15-24-11-5-2-6-12-24/h3-4,7-9,17-18H,2,5-6,10-16H2,1H3. The molecule has 26 heavy (non-hydrogen) atoms. The van der Waals surface area contributed by atoms with Gasteiger partial charge in [-0.25, -0.2) is 4.68 Å². The second-order valence-corrected chi connectivity index (χ2v) is 7.64. The van der Waals surface area contributed by atoms with Crippen LogP contribution in [0.25, 0.3) is 11.3 Å². The lowest BCUT2D eigenvalue weighted by Gasteiger charge is -2.31. The van der Waals surface area contributed by atoms with Gasteiger partial charge in [0, 0.05) is 37.9 Å². The van der Waals surface area contributed by atoms with Crippen LogP contribution in [0.1, 0.15) is 36.8 Å². The van der Waals surface area contributed by atoms with Crippen LogP contribution in [0.3, 0.4) is 0 Å². The Morgan fingerprint density at radius 2 is 1.77 bits per heavy atom. The largest absolute Gasteiger partial charge is 0.302 e. The molecule has 0 aliphatic carbocycles. The molecule has 0 saturated carbocycles. The first-order valence-electron chi connectivity index (χ1n) is 10.0. The molecule has 1 saturated heterocycles. The summed E-state index contributed by atoms with van der Waals surface area (Å²) in [5, 5.41) is 4.59. The van der Waals surface area contributed by atoms with Crippen LogP contribution < -0.4 is 0 Å². The van der Waals surface area contributed by atoms with Gasteiger partial charge in [0.2, 0.25) is 0 Å². The Bertz CT molecular complexity index is 755. The van der Waals surface area contributed by atoms with Gasteiger partial charge in [-0.1, -0.05) is 30.7 Å². The lowest BCUT2D eigenvalue weighted by Crippen LogP contribution is -2.39. The first-order chi connectivity index (χ1) is 12.8. The van der Waals surface area contributed by atoms with Gasteiger partial charge in [0.25, 0.3) is 0 Å². The maximum Gasteiger partial charge on any atom is 0.0674 e. The van der Waals surface area contributed by atoms with Gasteiger partial charge in [-0.3, -0.25) is 4.90 Å². The topological polar surface area (TPSA) is 24.3 Å². The van der Waals surface area contributed by atoms with E-state index in [0.717, 1.165) is 19.5 Å². The number of hydrogen-bond acceptors (Lipinski definition) is 3. The van der Waals surface area contributed by atoms with Crippen molar-refractivity contribution >= 4 is 5.57 Å². The predicted octanol–water partition coefficient (Wildman–Crippen LogP) is 3.76. The number of likely N-dealkylation sites (tertiary alicyclic amines) is 1. The van der Waals surface area contributed by atoms with Gasteiger partial charge in [-0.15, -0.1) is 0 Å². The Kier molecular flexibility index (Phi) is 5.51. The molecule has 0 atom stereocenters. The smallest absolute Gasteiger partial charge is 0.0674 e. The fourth-order valence-electron chi connectivity index (χ4n) is 4.08. The van der Waals surface area contributed by atoms with Crippen LogP contribution in [-0.4, -0.2) is 58.8 Å². The summed E-state index contributed by atoms with van der Waals surface area (Å²) in [7, 11) is 0. The molecule has 2 aliphatic heterocycles. The summed E-state index contributed by atoms with van der Waals surface area (Å²) in [6, 6.07) is 8.41. The van der Waals surface area contributed by atoms with Gasteiger partial charge < -0.3 is 4.90 Å². The molecule has 1 aromatic heterocycles. The van der Waals surface area contributed by atoms with Crippen LogP contribution in [0.15, 0.2) is 42.7 Å². The molecule has 138 valence electrons. The third-order valence-electron chi connectivity index (χ3n) is 5.79. The molecule has 2 aliphatic rings. The van der Waals surface area contributed by atoms with E-state index in [0.29, 0.717) is 0 Å². The highest BCUT2D eigenvalue weighted by atomic mass is 15.3. The Labute approximate surface area is 157 Å². The number of rotatable bonds is 5. The summed E-state index contributed by atoms with van der Waals surface area (Å²) in [6.07, 6.45) is 11.9. The molecule has 2 aromatic rings. The van der Waals surface area contributed by atoms with Gasteiger partial charge >= 0.3 is 0 Å². The van der Waals surface area contributed by atoms with Crippen LogP contribution in [0.5, 0.6) is 0 Å². The fourth-order valence-corrected chi connectivity index (χ4v) is 4.08. The van der Waals surface area contributed by atoms with E-state index in [4.69, 9.17) is 0 Å². The highest BCUT2D eigenvalue weighted by Crippen LogP contribution is 2.23. The van der Waals surface area contributed by atoms with E-state index in [1.807, 2.05) is 10.9 Å². The Balaban J connectivity index is 1.35. The quantitative estimate of drug-likeness (QED) is 0.821. The van der Waals surface area contributed by atoms with Crippen molar-refractivity contribution in [2.24, 2.45) is 0 Å². The minimum Gasteiger partial charge on any atom is -0.302 e. The lowest BCUT2D eigenvalue weighted by molar-refractivity contribution is 0.188. The van der Waals surface area contributed by atoms with Gasteiger partial charge in [-0.2, -0.15) is 5.10 Å². The highest BCUT2D eigenvalue weighted by Gasteiger charge is 2.16. The van der Waals surface area contributed by atoms with Crippen LogP contribution in [0, 0.1) is 6.92 Å². The maximum absolute atomic E-state index is 4.59. The summed E-state index contributed by atoms with van der Waals surface area (Å²) in [4.78, 5) is 5.22. The minimum atomic E-state index is 1.07.